The van der Waals surface area contributed by atoms with Crippen molar-refractivity contribution < 1.29 is 9.47 Å². The molecule has 6 aromatic heterocycles. The van der Waals surface area contributed by atoms with Gasteiger partial charge in [0.15, 0.2) is 11.3 Å². The second kappa shape index (κ2) is 19.0. The predicted molar refractivity (Wildman–Crippen MR) is 233 cm³/mol. The summed E-state index contributed by atoms with van der Waals surface area (Å²) >= 11 is 0. The van der Waals surface area contributed by atoms with Crippen molar-refractivity contribution in [3.8, 4) is 59.0 Å². The van der Waals surface area contributed by atoms with Crippen LogP contribution in [-0.2, 0) is 0 Å². The van der Waals surface area contributed by atoms with E-state index in [9.17, 15) is 0 Å². The first-order valence-electron chi connectivity index (χ1n) is 20.5. The van der Waals surface area contributed by atoms with Crippen LogP contribution in [0.2, 0.25) is 0 Å². The zero-order valence-electron chi connectivity index (χ0n) is 34.7. The largest absolute Gasteiger partial charge is 0.495 e. The van der Waals surface area contributed by atoms with Gasteiger partial charge in [0, 0.05) is 43.6 Å². The number of nitrogens with one attached hydrogen (secondary N) is 4. The number of anilines is 2. The van der Waals surface area contributed by atoms with Gasteiger partial charge in [-0.05, 0) is 89.3 Å². The molecule has 14 heteroatoms. The summed E-state index contributed by atoms with van der Waals surface area (Å²) in [5.41, 5.74) is 8.11. The number of ether oxygens (including phenoxy) is 2. The molecule has 0 amide bonds. The molecule has 2 aliphatic carbocycles. The van der Waals surface area contributed by atoms with Gasteiger partial charge in [-0.2, -0.15) is 10.2 Å². The van der Waals surface area contributed by atoms with E-state index >= 15 is 0 Å². The summed E-state index contributed by atoms with van der Waals surface area (Å²) in [6.45, 7) is 5.46. The highest BCUT2D eigenvalue weighted by molar-refractivity contribution is 5.67. The third-order valence-electron chi connectivity index (χ3n) is 10.7. The number of methoxy groups -OCH3 is 2. The topological polar surface area (TPSA) is 153 Å². The van der Waals surface area contributed by atoms with Crippen LogP contribution in [0.15, 0.2) is 48.8 Å². The summed E-state index contributed by atoms with van der Waals surface area (Å²) in [5.74, 6) is 9.26. The van der Waals surface area contributed by atoms with Crippen molar-refractivity contribution >= 4 is 22.9 Å². The van der Waals surface area contributed by atoms with Gasteiger partial charge in [-0.3, -0.25) is 0 Å². The van der Waals surface area contributed by atoms with Gasteiger partial charge < -0.3 is 30.7 Å². The third kappa shape index (κ3) is 9.41. The smallest absolute Gasteiger partial charge is 0.157 e. The van der Waals surface area contributed by atoms with Gasteiger partial charge in [0.25, 0.3) is 0 Å². The second-order valence-electron chi connectivity index (χ2n) is 14.9. The van der Waals surface area contributed by atoms with Crippen LogP contribution < -0.4 is 30.7 Å². The molecule has 1 atom stereocenters. The number of hydrogen-bond acceptors (Lipinski definition) is 12. The lowest BCUT2D eigenvalue weighted by Crippen LogP contribution is -2.31. The number of rotatable bonds is 12. The molecule has 1 saturated heterocycles. The van der Waals surface area contributed by atoms with Crippen molar-refractivity contribution in [2.45, 2.75) is 76.2 Å². The molecule has 0 bridgehead atoms. The summed E-state index contributed by atoms with van der Waals surface area (Å²) in [6, 6.07) is 11.7. The van der Waals surface area contributed by atoms with Crippen molar-refractivity contribution in [2.24, 2.45) is 0 Å². The van der Waals surface area contributed by atoms with Crippen LogP contribution >= 0.6 is 0 Å². The Bertz CT molecular complexity index is 2450. The molecule has 2 saturated carbocycles. The molecule has 0 radical (unpaired) electrons. The van der Waals surface area contributed by atoms with Crippen LogP contribution in [0.1, 0.15) is 92.6 Å². The number of hydrogen-bond donors (Lipinski definition) is 4. The number of likely N-dealkylation sites (N-methyl/N-ethyl adjacent to an activating group) is 1. The lowest BCUT2D eigenvalue weighted by molar-refractivity contribution is 0.405. The maximum atomic E-state index is 5.70. The Morgan fingerprint density at radius 3 is 1.66 bits per heavy atom. The Morgan fingerprint density at radius 1 is 0.763 bits per heavy atom. The highest BCUT2D eigenvalue weighted by atomic mass is 16.5. The molecular formula is C45H54N12O2. The summed E-state index contributed by atoms with van der Waals surface area (Å²) in [4.78, 5) is 18.4. The van der Waals surface area contributed by atoms with Crippen molar-refractivity contribution in [2.75, 3.05) is 58.6 Å². The molecule has 9 rings (SSSR count). The Morgan fingerprint density at radius 2 is 1.27 bits per heavy atom. The van der Waals surface area contributed by atoms with E-state index in [4.69, 9.17) is 37.5 Å². The van der Waals surface area contributed by atoms with E-state index in [0.717, 1.165) is 107 Å². The number of fused-ring (bicyclic) bond motifs is 2. The van der Waals surface area contributed by atoms with E-state index in [0.29, 0.717) is 23.5 Å². The van der Waals surface area contributed by atoms with Crippen molar-refractivity contribution in [1.82, 2.24) is 49.8 Å². The third-order valence-corrected chi connectivity index (χ3v) is 10.7. The molecule has 3 fully saturated rings. The van der Waals surface area contributed by atoms with E-state index in [1.54, 1.807) is 33.7 Å². The van der Waals surface area contributed by atoms with Crippen LogP contribution in [0, 0.1) is 24.7 Å². The molecule has 6 aromatic rings. The second-order valence-corrected chi connectivity index (χ2v) is 14.9. The Balaban J connectivity index is 0.000000159. The summed E-state index contributed by atoms with van der Waals surface area (Å²) in [6.07, 6.45) is 24.5. The highest BCUT2D eigenvalue weighted by Gasteiger charge is 2.31. The minimum atomic E-state index is 0.237. The van der Waals surface area contributed by atoms with E-state index < -0.39 is 0 Å². The summed E-state index contributed by atoms with van der Waals surface area (Å²) < 4.78 is 14.7. The molecule has 1 unspecified atom stereocenters. The van der Waals surface area contributed by atoms with Crippen LogP contribution in [0.5, 0.6) is 11.5 Å². The summed E-state index contributed by atoms with van der Waals surface area (Å²) in [5, 5.41) is 22.6. The van der Waals surface area contributed by atoms with Crippen molar-refractivity contribution in [3.63, 3.8) is 0 Å². The minimum absolute atomic E-state index is 0.237. The standard InChI is InChI=1S/C22H26N6O.C18H17N5O.C5H11N/c1-5-14-9-10-17(26-22(14)25-16(6-2)12-23-3)18-13-24-20-11-19(29-4)21(15-7-8-15)27-28(18)20;1-4-11-7-8-13(21-18(11)19-2)14-10-20-16-9-15(24-3)17(12-5-6-12)22-23(14)16;1-2-4-6-5-3-1/h1,9-11,13,15-16,23H,6-8,12H2,2-4H3,(H,25,26);1,7-10,12H,5-6H2,2-3H3,(H,19,21);6H,1-5H2. The molecule has 59 heavy (non-hydrogen) atoms. The molecule has 0 spiro atoms. The first kappa shape index (κ1) is 41.0. The van der Waals surface area contributed by atoms with Crippen molar-refractivity contribution in [3.05, 3.63) is 71.3 Å². The molecule has 4 N–H and O–H groups in total. The summed E-state index contributed by atoms with van der Waals surface area (Å²) in [7, 11) is 7.08. The fourth-order valence-corrected chi connectivity index (χ4v) is 7.06. The van der Waals surface area contributed by atoms with E-state index in [1.165, 1.54) is 32.4 Å². The molecule has 0 aromatic carbocycles. The molecule has 14 nitrogen and oxygen atoms in total. The number of aromatic nitrogens is 8. The maximum Gasteiger partial charge on any atom is 0.157 e. The van der Waals surface area contributed by atoms with Gasteiger partial charge in [-0.25, -0.2) is 29.0 Å². The average Bonchev–Trinajstić information content (AvgIpc) is 4.24. The lowest BCUT2D eigenvalue weighted by Gasteiger charge is -2.18. The Kier molecular flexibility index (Phi) is 13.2. The number of nitrogens with zero attached hydrogens (tertiary/aromatic N) is 8. The molecule has 1 aliphatic heterocycles. The number of pyridine rings is 2. The lowest BCUT2D eigenvalue weighted by atomic mass is 10.1. The quantitative estimate of drug-likeness (QED) is 0.0998. The first-order valence-corrected chi connectivity index (χ1v) is 20.5. The maximum absolute atomic E-state index is 5.70. The van der Waals surface area contributed by atoms with E-state index in [2.05, 4.69) is 55.0 Å². The van der Waals surface area contributed by atoms with Gasteiger partial charge in [0.2, 0.25) is 0 Å². The van der Waals surface area contributed by atoms with Gasteiger partial charge >= 0.3 is 0 Å². The van der Waals surface area contributed by atoms with Gasteiger partial charge in [-0.1, -0.05) is 25.2 Å². The SMILES string of the molecule is C#Cc1ccc(-c2cnc3cc(OC)c(C4CC4)nn23)nc1NC.C#Cc1ccc(-c2cnc3cc(OC)c(C4CC4)nn23)nc1NC(CC)CNC.C1CCNCC1. The molecule has 306 valence electrons. The van der Waals surface area contributed by atoms with Gasteiger partial charge in [0.1, 0.15) is 45.9 Å². The predicted octanol–water partition coefficient (Wildman–Crippen LogP) is 6.53. The fraction of sp³-hybridized carbons (Fsp3) is 0.422. The zero-order chi connectivity index (χ0) is 41.3. The highest BCUT2D eigenvalue weighted by Crippen LogP contribution is 2.44. The molecule has 3 aliphatic rings. The van der Waals surface area contributed by atoms with Crippen LogP contribution in [0.4, 0.5) is 11.6 Å². The van der Waals surface area contributed by atoms with Gasteiger partial charge in [-0.15, -0.1) is 12.8 Å². The number of terminal acetylenes is 2. The van der Waals surface area contributed by atoms with Crippen molar-refractivity contribution in [1.29, 1.82) is 0 Å². The van der Waals surface area contributed by atoms with Crippen LogP contribution in [0.25, 0.3) is 34.1 Å². The number of piperidine rings is 1. The Labute approximate surface area is 346 Å². The van der Waals surface area contributed by atoms with Crippen LogP contribution in [0.3, 0.4) is 0 Å². The Hall–Kier alpha value is -6.22. The average molecular weight is 795 g/mol. The van der Waals surface area contributed by atoms with Crippen LogP contribution in [-0.4, -0.2) is 93.2 Å². The van der Waals surface area contributed by atoms with E-state index in [-0.39, 0.29) is 6.04 Å². The first-order chi connectivity index (χ1) is 28.9. The fourth-order valence-electron chi connectivity index (χ4n) is 7.06. The number of imidazole rings is 2. The molecule has 7 heterocycles. The van der Waals surface area contributed by atoms with E-state index in [1.807, 2.05) is 52.5 Å². The zero-order valence-corrected chi connectivity index (χ0v) is 34.7. The van der Waals surface area contributed by atoms with Gasteiger partial charge in [0.05, 0.1) is 49.1 Å². The molecular weight excluding hydrogens is 741 g/mol. The normalized spacial score (nSPS) is 15.2. The monoisotopic (exact) mass is 794 g/mol. The minimum Gasteiger partial charge on any atom is -0.495 e.